The van der Waals surface area contributed by atoms with Gasteiger partial charge in [0.05, 0.1) is 18.6 Å². The van der Waals surface area contributed by atoms with Gasteiger partial charge in [-0.1, -0.05) is 55.5 Å². The van der Waals surface area contributed by atoms with Crippen LogP contribution in [0.4, 0.5) is 10.1 Å². The van der Waals surface area contributed by atoms with E-state index >= 15 is 0 Å². The van der Waals surface area contributed by atoms with Crippen molar-refractivity contribution in [3.63, 3.8) is 0 Å². The number of halogens is 1. The van der Waals surface area contributed by atoms with Crippen LogP contribution >= 0.6 is 0 Å². The second-order valence-electron chi connectivity index (χ2n) is 10.5. The van der Waals surface area contributed by atoms with E-state index in [1.54, 1.807) is 42.5 Å². The molecule has 0 aliphatic carbocycles. The van der Waals surface area contributed by atoms with E-state index in [4.69, 9.17) is 4.74 Å². The van der Waals surface area contributed by atoms with Gasteiger partial charge in [-0.15, -0.1) is 0 Å². The largest absolute Gasteiger partial charge is 0.494 e. The standard InChI is InChI=1S/C33H42FN3O5S/c1-5-25(3)35-33(39)31(23-26-13-8-7-9-14-26)36(24-27-15-10-11-16-30(27)34)32(38)17-12-22-37(43(4,40)41)28-18-20-29(21-19-28)42-6-2/h7-11,13-16,18-21,25,31H,5-6,12,17,22-24H2,1-4H3,(H,35,39). The summed E-state index contributed by atoms with van der Waals surface area (Å²) in [5.41, 5.74) is 1.60. The van der Waals surface area contributed by atoms with Gasteiger partial charge in [0.2, 0.25) is 21.8 Å². The molecule has 0 bridgehead atoms. The highest BCUT2D eigenvalue weighted by atomic mass is 32.2. The molecule has 0 saturated heterocycles. The molecule has 0 heterocycles. The van der Waals surface area contributed by atoms with Crippen molar-refractivity contribution in [3.05, 3.63) is 95.8 Å². The maximum Gasteiger partial charge on any atom is 0.243 e. The number of carbonyl (C=O) groups is 2. The summed E-state index contributed by atoms with van der Waals surface area (Å²) < 4.78 is 46.8. The molecule has 1 N–H and O–H groups in total. The van der Waals surface area contributed by atoms with E-state index in [0.717, 1.165) is 11.8 Å². The molecule has 0 saturated carbocycles. The number of hydrogen-bond acceptors (Lipinski definition) is 5. The number of nitrogens with zero attached hydrogens (tertiary/aromatic N) is 2. The lowest BCUT2D eigenvalue weighted by Crippen LogP contribution is -2.52. The fourth-order valence-corrected chi connectivity index (χ4v) is 5.65. The molecule has 3 aromatic carbocycles. The third-order valence-corrected chi connectivity index (χ3v) is 8.35. The molecule has 0 aliphatic rings. The van der Waals surface area contributed by atoms with Crippen molar-refractivity contribution in [1.29, 1.82) is 0 Å². The SMILES string of the molecule is CCOc1ccc(N(CCCC(=O)N(Cc2ccccc2F)C(Cc2ccccc2)C(=O)NC(C)CC)S(C)(=O)=O)cc1. The van der Waals surface area contributed by atoms with Crippen LogP contribution in [0.15, 0.2) is 78.9 Å². The molecule has 2 amide bonds. The van der Waals surface area contributed by atoms with Gasteiger partial charge >= 0.3 is 0 Å². The van der Waals surface area contributed by atoms with Crippen molar-refractivity contribution in [2.75, 3.05) is 23.7 Å². The van der Waals surface area contributed by atoms with Crippen molar-refractivity contribution in [2.45, 2.75) is 65.1 Å². The molecule has 2 unspecified atom stereocenters. The van der Waals surface area contributed by atoms with Gasteiger partial charge < -0.3 is 15.0 Å². The molecule has 2 atom stereocenters. The molecular formula is C33H42FN3O5S. The molecule has 0 aliphatic heterocycles. The highest BCUT2D eigenvalue weighted by Gasteiger charge is 2.31. The van der Waals surface area contributed by atoms with Crippen molar-refractivity contribution in [2.24, 2.45) is 0 Å². The van der Waals surface area contributed by atoms with Crippen LogP contribution in [0.1, 0.15) is 51.2 Å². The third-order valence-electron chi connectivity index (χ3n) is 7.16. The summed E-state index contributed by atoms with van der Waals surface area (Å²) in [6.45, 7) is 6.14. The number of benzene rings is 3. The molecule has 0 radical (unpaired) electrons. The fraction of sp³-hybridized carbons (Fsp3) is 0.394. The summed E-state index contributed by atoms with van der Waals surface area (Å²) in [6, 6.07) is 21.2. The van der Waals surface area contributed by atoms with Crippen LogP contribution in [0.2, 0.25) is 0 Å². The zero-order valence-electron chi connectivity index (χ0n) is 25.3. The first-order chi connectivity index (χ1) is 20.5. The quantitative estimate of drug-likeness (QED) is 0.236. The van der Waals surface area contributed by atoms with Crippen LogP contribution in [-0.4, -0.2) is 56.6 Å². The second-order valence-corrected chi connectivity index (χ2v) is 12.4. The summed E-state index contributed by atoms with van der Waals surface area (Å²) in [4.78, 5) is 28.9. The predicted octanol–water partition coefficient (Wildman–Crippen LogP) is 5.33. The summed E-state index contributed by atoms with van der Waals surface area (Å²) in [5.74, 6) is -0.544. The van der Waals surface area contributed by atoms with Crippen molar-refractivity contribution >= 4 is 27.5 Å². The number of carbonyl (C=O) groups excluding carboxylic acids is 2. The Morgan fingerprint density at radius 2 is 1.60 bits per heavy atom. The summed E-state index contributed by atoms with van der Waals surface area (Å²) in [7, 11) is -3.65. The Labute approximate surface area is 254 Å². The van der Waals surface area contributed by atoms with E-state index in [1.165, 1.54) is 15.3 Å². The minimum atomic E-state index is -3.65. The van der Waals surface area contributed by atoms with E-state index in [-0.39, 0.29) is 55.8 Å². The normalized spacial score (nSPS) is 12.7. The maximum absolute atomic E-state index is 14.8. The number of anilines is 1. The third kappa shape index (κ3) is 10.1. The lowest BCUT2D eigenvalue weighted by molar-refractivity contribution is -0.141. The zero-order chi connectivity index (χ0) is 31.4. The Kier molecular flexibility index (Phi) is 12.5. The lowest BCUT2D eigenvalue weighted by atomic mass is 10.0. The number of nitrogens with one attached hydrogen (secondary N) is 1. The second kappa shape index (κ2) is 16.1. The summed E-state index contributed by atoms with van der Waals surface area (Å²) >= 11 is 0. The van der Waals surface area contributed by atoms with Crippen molar-refractivity contribution < 1.29 is 27.1 Å². The molecule has 8 nitrogen and oxygen atoms in total. The van der Waals surface area contributed by atoms with E-state index in [0.29, 0.717) is 24.5 Å². The van der Waals surface area contributed by atoms with Gasteiger partial charge in [-0.25, -0.2) is 12.8 Å². The predicted molar refractivity (Wildman–Crippen MR) is 168 cm³/mol. The Bertz CT molecular complexity index is 1430. The van der Waals surface area contributed by atoms with Crippen LogP contribution in [0.25, 0.3) is 0 Å². The van der Waals surface area contributed by atoms with Crippen molar-refractivity contribution in [1.82, 2.24) is 10.2 Å². The van der Waals surface area contributed by atoms with Gasteiger partial charge in [-0.3, -0.25) is 13.9 Å². The minimum Gasteiger partial charge on any atom is -0.494 e. The number of sulfonamides is 1. The van der Waals surface area contributed by atoms with Gasteiger partial charge in [-0.2, -0.15) is 0 Å². The zero-order valence-corrected chi connectivity index (χ0v) is 26.1. The molecule has 0 spiro atoms. The molecule has 3 rings (SSSR count). The fourth-order valence-electron chi connectivity index (χ4n) is 4.68. The van der Waals surface area contributed by atoms with Gasteiger partial charge in [0, 0.05) is 37.5 Å². The Balaban J connectivity index is 1.88. The summed E-state index contributed by atoms with van der Waals surface area (Å²) in [5, 5.41) is 2.99. The van der Waals surface area contributed by atoms with E-state index in [1.807, 2.05) is 51.1 Å². The summed E-state index contributed by atoms with van der Waals surface area (Å²) in [6.07, 6.45) is 2.21. The average Bonchev–Trinajstić information content (AvgIpc) is 2.98. The lowest BCUT2D eigenvalue weighted by Gasteiger charge is -2.33. The Hall–Kier alpha value is -3.92. The van der Waals surface area contributed by atoms with Crippen LogP contribution in [0.3, 0.4) is 0 Å². The first kappa shape index (κ1) is 33.6. The maximum atomic E-state index is 14.8. The molecule has 0 fully saturated rings. The molecule has 3 aromatic rings. The highest BCUT2D eigenvalue weighted by Crippen LogP contribution is 2.23. The van der Waals surface area contributed by atoms with Crippen LogP contribution in [0, 0.1) is 5.82 Å². The molecule has 43 heavy (non-hydrogen) atoms. The molecular weight excluding hydrogens is 569 g/mol. The topological polar surface area (TPSA) is 96.0 Å². The smallest absolute Gasteiger partial charge is 0.243 e. The highest BCUT2D eigenvalue weighted by molar-refractivity contribution is 7.92. The Morgan fingerprint density at radius 3 is 2.21 bits per heavy atom. The monoisotopic (exact) mass is 611 g/mol. The van der Waals surface area contributed by atoms with Gasteiger partial charge in [0.15, 0.2) is 0 Å². The number of rotatable bonds is 16. The number of ether oxygens (including phenoxy) is 1. The van der Waals surface area contributed by atoms with Gasteiger partial charge in [0.1, 0.15) is 17.6 Å². The Morgan fingerprint density at radius 1 is 0.953 bits per heavy atom. The molecule has 0 aromatic heterocycles. The number of hydrogen-bond donors (Lipinski definition) is 1. The molecule has 10 heteroatoms. The first-order valence-corrected chi connectivity index (χ1v) is 16.5. The number of amides is 2. The average molecular weight is 612 g/mol. The van der Waals surface area contributed by atoms with E-state index < -0.39 is 21.9 Å². The van der Waals surface area contributed by atoms with Crippen LogP contribution < -0.4 is 14.4 Å². The minimum absolute atomic E-state index is 0.0423. The molecule has 232 valence electrons. The first-order valence-electron chi connectivity index (χ1n) is 14.6. The van der Waals surface area contributed by atoms with Crippen molar-refractivity contribution in [3.8, 4) is 5.75 Å². The van der Waals surface area contributed by atoms with E-state index in [9.17, 15) is 22.4 Å². The van der Waals surface area contributed by atoms with Gasteiger partial charge in [0.25, 0.3) is 0 Å². The van der Waals surface area contributed by atoms with E-state index in [2.05, 4.69) is 5.32 Å². The van der Waals surface area contributed by atoms with Crippen LogP contribution in [-0.2, 0) is 32.6 Å². The van der Waals surface area contributed by atoms with Crippen LogP contribution in [0.5, 0.6) is 5.75 Å². The van der Waals surface area contributed by atoms with Gasteiger partial charge in [-0.05, 0) is 62.6 Å².